The maximum atomic E-state index is 12.7. The van der Waals surface area contributed by atoms with Crippen LogP contribution in [0.25, 0.3) is 10.2 Å². The van der Waals surface area contributed by atoms with E-state index in [1.54, 1.807) is 6.92 Å². The predicted octanol–water partition coefficient (Wildman–Crippen LogP) is 3.17. The Kier molecular flexibility index (Phi) is 5.45. The number of carbonyl (C=O) groups excluding carboxylic acids is 1. The molecular formula is C17H16ClN5O4S. The first-order valence-electron chi connectivity index (χ1n) is 8.09. The van der Waals surface area contributed by atoms with E-state index in [0.717, 1.165) is 17.4 Å². The van der Waals surface area contributed by atoms with Crippen molar-refractivity contribution in [1.29, 1.82) is 0 Å². The minimum absolute atomic E-state index is 0.0198. The number of aromatic nitrogens is 2. The van der Waals surface area contributed by atoms with Crippen molar-refractivity contribution in [2.45, 2.75) is 13.5 Å². The summed E-state index contributed by atoms with van der Waals surface area (Å²) in [6.45, 7) is 2.09. The van der Waals surface area contributed by atoms with Crippen LogP contribution in [0.1, 0.15) is 21.1 Å². The zero-order valence-electron chi connectivity index (χ0n) is 15.2. The highest BCUT2D eigenvalue weighted by Gasteiger charge is 2.22. The summed E-state index contributed by atoms with van der Waals surface area (Å²) in [5, 5.41) is 14.3. The topological polar surface area (TPSA) is 121 Å². The van der Waals surface area contributed by atoms with E-state index in [0.29, 0.717) is 28.1 Å². The van der Waals surface area contributed by atoms with Gasteiger partial charge in [0.15, 0.2) is 0 Å². The summed E-state index contributed by atoms with van der Waals surface area (Å²) in [6.07, 6.45) is 0. The number of amides is 1. The van der Waals surface area contributed by atoms with Gasteiger partial charge in [-0.2, -0.15) is 0 Å². The average Bonchev–Trinajstić information content (AvgIpc) is 2.92. The van der Waals surface area contributed by atoms with E-state index >= 15 is 0 Å². The van der Waals surface area contributed by atoms with Gasteiger partial charge in [-0.05, 0) is 38.7 Å². The molecule has 0 aliphatic rings. The normalized spacial score (nSPS) is 11.2. The van der Waals surface area contributed by atoms with Crippen molar-refractivity contribution in [3.05, 3.63) is 60.0 Å². The smallest absolute Gasteiger partial charge is 0.294 e. The van der Waals surface area contributed by atoms with Gasteiger partial charge in [-0.25, -0.2) is 4.98 Å². The fraction of sp³-hybridized carbons (Fsp3) is 0.235. The molecule has 11 heteroatoms. The highest BCUT2D eigenvalue weighted by atomic mass is 35.5. The van der Waals surface area contributed by atoms with E-state index in [9.17, 15) is 19.7 Å². The average molecular weight is 422 g/mol. The molecule has 28 heavy (non-hydrogen) atoms. The largest absolute Gasteiger partial charge is 0.316 e. The van der Waals surface area contributed by atoms with Crippen LogP contribution < -0.4 is 10.9 Å². The number of nitrogens with one attached hydrogen (secondary N) is 2. The molecule has 0 bridgehead atoms. The number of fused-ring (bicyclic) bond motifs is 1. The zero-order chi connectivity index (χ0) is 20.6. The van der Waals surface area contributed by atoms with Crippen molar-refractivity contribution in [2.24, 2.45) is 0 Å². The Hall–Kier alpha value is -2.82. The fourth-order valence-electron chi connectivity index (χ4n) is 2.72. The molecule has 0 aliphatic heterocycles. The van der Waals surface area contributed by atoms with E-state index in [-0.39, 0.29) is 26.8 Å². The van der Waals surface area contributed by atoms with Crippen molar-refractivity contribution in [3.8, 4) is 0 Å². The van der Waals surface area contributed by atoms with Crippen LogP contribution in [0, 0.1) is 17.0 Å². The Morgan fingerprint density at radius 3 is 2.79 bits per heavy atom. The van der Waals surface area contributed by atoms with E-state index in [4.69, 9.17) is 11.6 Å². The molecule has 9 nitrogen and oxygen atoms in total. The zero-order valence-corrected chi connectivity index (χ0v) is 16.8. The third-order valence-electron chi connectivity index (χ3n) is 3.93. The van der Waals surface area contributed by atoms with Crippen LogP contribution >= 0.6 is 22.9 Å². The fourth-order valence-corrected chi connectivity index (χ4v) is 3.98. The molecule has 3 rings (SSSR count). The molecule has 0 spiro atoms. The number of rotatable bonds is 5. The first-order chi connectivity index (χ1) is 13.2. The monoisotopic (exact) mass is 421 g/mol. The van der Waals surface area contributed by atoms with Gasteiger partial charge in [-0.3, -0.25) is 19.7 Å². The predicted molar refractivity (Wildman–Crippen MR) is 108 cm³/mol. The van der Waals surface area contributed by atoms with Gasteiger partial charge in [0.25, 0.3) is 17.2 Å². The number of nitrogens with zero attached hydrogens (tertiary/aromatic N) is 3. The van der Waals surface area contributed by atoms with Crippen molar-refractivity contribution < 1.29 is 9.72 Å². The van der Waals surface area contributed by atoms with Crippen LogP contribution in [0.3, 0.4) is 0 Å². The molecular weight excluding hydrogens is 406 g/mol. The number of aryl methyl sites for hydroxylation is 1. The number of anilines is 1. The van der Waals surface area contributed by atoms with Crippen molar-refractivity contribution in [3.63, 3.8) is 0 Å². The third kappa shape index (κ3) is 3.88. The number of benzene rings is 1. The maximum absolute atomic E-state index is 12.7. The Balaban J connectivity index is 2.01. The molecule has 1 amide bonds. The molecule has 2 aromatic heterocycles. The summed E-state index contributed by atoms with van der Waals surface area (Å²) in [5.74, 6) is -0.0662. The van der Waals surface area contributed by atoms with Gasteiger partial charge in [-0.15, -0.1) is 11.3 Å². The van der Waals surface area contributed by atoms with E-state index < -0.39 is 10.8 Å². The van der Waals surface area contributed by atoms with Crippen LogP contribution in [0.2, 0.25) is 5.02 Å². The molecule has 0 aliphatic carbocycles. The Labute approximate surface area is 168 Å². The molecule has 2 N–H and O–H groups in total. The standard InChI is InChI=1S/C17H16ClN5O4S/c1-8-13-15(24)20-12(7-22(2)3)21-17(13)28-14(8)16(25)19-10-5-4-9(18)6-11(10)23(26)27/h4-6H,7H2,1-3H3,(H,19,25)(H,20,21,24). The molecule has 0 radical (unpaired) electrons. The molecule has 3 aromatic rings. The van der Waals surface area contributed by atoms with Gasteiger partial charge in [0.1, 0.15) is 16.3 Å². The lowest BCUT2D eigenvalue weighted by Crippen LogP contribution is -2.18. The summed E-state index contributed by atoms with van der Waals surface area (Å²) in [4.78, 5) is 45.4. The molecule has 0 atom stereocenters. The number of halogens is 1. The van der Waals surface area contributed by atoms with Crippen LogP contribution in [0.4, 0.5) is 11.4 Å². The van der Waals surface area contributed by atoms with Crippen molar-refractivity contribution in [1.82, 2.24) is 14.9 Å². The lowest BCUT2D eigenvalue weighted by Gasteiger charge is -2.07. The third-order valence-corrected chi connectivity index (χ3v) is 5.35. The van der Waals surface area contributed by atoms with Gasteiger partial charge < -0.3 is 15.2 Å². The highest BCUT2D eigenvalue weighted by molar-refractivity contribution is 7.20. The van der Waals surface area contributed by atoms with Gasteiger partial charge in [0, 0.05) is 11.1 Å². The molecule has 0 fully saturated rings. The minimum Gasteiger partial charge on any atom is -0.316 e. The Bertz CT molecular complexity index is 1150. The molecule has 0 saturated carbocycles. The second-order valence-electron chi connectivity index (χ2n) is 6.36. The number of nitro benzene ring substituents is 1. The number of thiophene rings is 1. The van der Waals surface area contributed by atoms with Crippen LogP contribution in [-0.2, 0) is 6.54 Å². The van der Waals surface area contributed by atoms with Gasteiger partial charge >= 0.3 is 0 Å². The number of nitro groups is 1. The van der Waals surface area contributed by atoms with Crippen LogP contribution in [0.15, 0.2) is 23.0 Å². The second-order valence-corrected chi connectivity index (χ2v) is 7.79. The number of carbonyl (C=O) groups is 1. The summed E-state index contributed by atoms with van der Waals surface area (Å²) >= 11 is 6.86. The van der Waals surface area contributed by atoms with Crippen molar-refractivity contribution in [2.75, 3.05) is 19.4 Å². The summed E-state index contributed by atoms with van der Waals surface area (Å²) in [7, 11) is 3.70. The molecule has 146 valence electrons. The summed E-state index contributed by atoms with van der Waals surface area (Å²) in [5.41, 5.74) is -0.151. The highest BCUT2D eigenvalue weighted by Crippen LogP contribution is 2.31. The second kappa shape index (κ2) is 7.66. The molecule has 2 heterocycles. The summed E-state index contributed by atoms with van der Waals surface area (Å²) in [6, 6.07) is 3.97. The quantitative estimate of drug-likeness (QED) is 0.482. The van der Waals surface area contributed by atoms with Gasteiger partial charge in [-0.1, -0.05) is 11.6 Å². The lowest BCUT2D eigenvalue weighted by atomic mass is 10.2. The lowest BCUT2D eigenvalue weighted by molar-refractivity contribution is -0.383. The van der Waals surface area contributed by atoms with E-state index in [2.05, 4.69) is 15.3 Å². The SMILES string of the molecule is Cc1c(C(=O)Nc2ccc(Cl)cc2[N+](=O)[O-])sc2nc(CN(C)C)[nH]c(=O)c12. The molecule has 0 saturated heterocycles. The van der Waals surface area contributed by atoms with Crippen LogP contribution in [-0.4, -0.2) is 39.8 Å². The van der Waals surface area contributed by atoms with Gasteiger partial charge in [0.2, 0.25) is 0 Å². The maximum Gasteiger partial charge on any atom is 0.294 e. The summed E-state index contributed by atoms with van der Waals surface area (Å²) < 4.78 is 0. The first kappa shape index (κ1) is 19.9. The Morgan fingerprint density at radius 1 is 1.43 bits per heavy atom. The van der Waals surface area contributed by atoms with Crippen molar-refractivity contribution >= 4 is 50.4 Å². The van der Waals surface area contributed by atoms with E-state index in [1.165, 1.54) is 12.1 Å². The Morgan fingerprint density at radius 2 is 2.14 bits per heavy atom. The number of hydrogen-bond donors (Lipinski definition) is 2. The molecule has 0 unspecified atom stereocenters. The van der Waals surface area contributed by atoms with Crippen LogP contribution in [0.5, 0.6) is 0 Å². The minimum atomic E-state index is -0.626. The van der Waals surface area contributed by atoms with Gasteiger partial charge in [0.05, 0.1) is 21.7 Å². The number of H-pyrrole nitrogens is 1. The first-order valence-corrected chi connectivity index (χ1v) is 9.29. The number of aromatic amines is 1. The van der Waals surface area contributed by atoms with E-state index in [1.807, 2.05) is 19.0 Å². The number of hydrogen-bond acceptors (Lipinski definition) is 7. The molecule has 1 aromatic carbocycles.